The number of rotatable bonds is 4. The highest BCUT2D eigenvalue weighted by atomic mass is 19.1. The molecule has 0 aliphatic heterocycles. The summed E-state index contributed by atoms with van der Waals surface area (Å²) in [6.45, 7) is 1.02. The lowest BCUT2D eigenvalue weighted by atomic mass is 10.1. The van der Waals surface area contributed by atoms with Gasteiger partial charge in [0.25, 0.3) is 0 Å². The van der Waals surface area contributed by atoms with Gasteiger partial charge in [0, 0.05) is 19.2 Å². The van der Waals surface area contributed by atoms with Gasteiger partial charge in [-0.1, -0.05) is 17.9 Å². The number of likely N-dealkylation sites (N-methyl/N-ethyl adjacent to an activating group) is 2. The lowest BCUT2D eigenvalue weighted by molar-refractivity contribution is -0.121. The number of nitrogens with one attached hydrogen (secondary N) is 1. The summed E-state index contributed by atoms with van der Waals surface area (Å²) in [5, 5.41) is 2.55. The molecule has 19 heavy (non-hydrogen) atoms. The van der Waals surface area contributed by atoms with E-state index >= 15 is 0 Å². The molecular weight excluding hydrogens is 245 g/mol. The second-order valence-electron chi connectivity index (χ2n) is 4.15. The van der Waals surface area contributed by atoms with E-state index in [9.17, 15) is 9.18 Å². The van der Waals surface area contributed by atoms with E-state index < -0.39 is 0 Å². The van der Waals surface area contributed by atoms with Gasteiger partial charge >= 0.3 is 0 Å². The molecule has 1 rings (SSSR count). The Morgan fingerprint density at radius 1 is 1.53 bits per heavy atom. The van der Waals surface area contributed by atoms with Gasteiger partial charge in [0.05, 0.1) is 13.1 Å². The number of benzene rings is 1. The number of hydrogen-bond acceptors (Lipinski definition) is 3. The van der Waals surface area contributed by atoms with Crippen molar-refractivity contribution in [1.29, 1.82) is 0 Å². The molecule has 3 N–H and O–H groups in total. The second-order valence-corrected chi connectivity index (χ2v) is 4.15. The number of nitrogens with zero attached hydrogens (tertiary/aromatic N) is 1. The van der Waals surface area contributed by atoms with Gasteiger partial charge in [-0.3, -0.25) is 9.69 Å². The molecule has 102 valence electrons. The zero-order valence-electron chi connectivity index (χ0n) is 11.2. The van der Waals surface area contributed by atoms with Crippen LogP contribution >= 0.6 is 0 Å². The van der Waals surface area contributed by atoms with Crippen LogP contribution in [0.5, 0.6) is 0 Å². The third-order valence-electron chi connectivity index (χ3n) is 2.53. The Balaban J connectivity index is 2.85. The van der Waals surface area contributed by atoms with Crippen LogP contribution in [0.1, 0.15) is 11.1 Å². The van der Waals surface area contributed by atoms with Crippen LogP contribution in [0, 0.1) is 17.7 Å². The highest BCUT2D eigenvalue weighted by Gasteiger charge is 2.08. The SMILES string of the molecule is CNC(=O)CN(C)Cc1ccc(F)cc1C#CCN. The smallest absolute Gasteiger partial charge is 0.233 e. The van der Waals surface area contributed by atoms with E-state index in [0.717, 1.165) is 5.56 Å². The quantitative estimate of drug-likeness (QED) is 0.769. The molecule has 0 unspecified atom stereocenters. The van der Waals surface area contributed by atoms with Gasteiger partial charge in [0.15, 0.2) is 0 Å². The van der Waals surface area contributed by atoms with E-state index in [1.807, 2.05) is 11.9 Å². The lowest BCUT2D eigenvalue weighted by Gasteiger charge is -2.16. The minimum absolute atomic E-state index is 0.0702. The van der Waals surface area contributed by atoms with Crippen LogP contribution in [0.15, 0.2) is 18.2 Å². The average molecular weight is 263 g/mol. The first-order chi connectivity index (χ1) is 9.06. The van der Waals surface area contributed by atoms with Crippen LogP contribution in [-0.2, 0) is 11.3 Å². The fraction of sp³-hybridized carbons (Fsp3) is 0.357. The monoisotopic (exact) mass is 263 g/mol. The van der Waals surface area contributed by atoms with E-state index in [2.05, 4.69) is 17.2 Å². The number of carbonyl (C=O) groups is 1. The third-order valence-corrected chi connectivity index (χ3v) is 2.53. The lowest BCUT2D eigenvalue weighted by Crippen LogP contribution is -2.32. The first-order valence-corrected chi connectivity index (χ1v) is 5.93. The topological polar surface area (TPSA) is 58.4 Å². The summed E-state index contributed by atoms with van der Waals surface area (Å²) in [7, 11) is 3.41. The maximum atomic E-state index is 13.2. The Hall–Kier alpha value is -1.90. The van der Waals surface area contributed by atoms with Crippen molar-refractivity contribution in [2.45, 2.75) is 6.54 Å². The summed E-state index contributed by atoms with van der Waals surface area (Å²) in [5.74, 6) is 5.15. The molecule has 0 fully saturated rings. The molecule has 0 aromatic heterocycles. The van der Waals surface area contributed by atoms with Gasteiger partial charge in [-0.25, -0.2) is 4.39 Å². The van der Waals surface area contributed by atoms with Gasteiger partial charge in [0.1, 0.15) is 5.82 Å². The molecule has 0 heterocycles. The fourth-order valence-electron chi connectivity index (χ4n) is 1.62. The third kappa shape index (κ3) is 5.08. The second kappa shape index (κ2) is 7.52. The van der Waals surface area contributed by atoms with Crippen molar-refractivity contribution in [1.82, 2.24) is 10.2 Å². The summed E-state index contributed by atoms with van der Waals surface area (Å²) in [5.41, 5.74) is 6.79. The molecule has 0 spiro atoms. The molecule has 5 heteroatoms. The van der Waals surface area contributed by atoms with Crippen molar-refractivity contribution in [3.05, 3.63) is 35.1 Å². The van der Waals surface area contributed by atoms with Crippen LogP contribution in [0.25, 0.3) is 0 Å². The van der Waals surface area contributed by atoms with Crippen LogP contribution < -0.4 is 11.1 Å². The van der Waals surface area contributed by atoms with Gasteiger partial charge < -0.3 is 11.1 Å². The Bertz CT molecular complexity index is 505. The molecule has 0 radical (unpaired) electrons. The molecule has 1 aromatic carbocycles. The highest BCUT2D eigenvalue weighted by Crippen LogP contribution is 2.12. The zero-order chi connectivity index (χ0) is 14.3. The highest BCUT2D eigenvalue weighted by molar-refractivity contribution is 5.77. The predicted molar refractivity (Wildman–Crippen MR) is 72.7 cm³/mol. The van der Waals surface area contributed by atoms with Gasteiger partial charge in [-0.05, 0) is 24.7 Å². The Morgan fingerprint density at radius 3 is 2.89 bits per heavy atom. The van der Waals surface area contributed by atoms with Gasteiger partial charge in [-0.15, -0.1) is 0 Å². The summed E-state index contributed by atoms with van der Waals surface area (Å²) in [4.78, 5) is 13.1. The minimum Gasteiger partial charge on any atom is -0.358 e. The van der Waals surface area contributed by atoms with Crippen LogP contribution in [-0.4, -0.2) is 38.0 Å². The van der Waals surface area contributed by atoms with Crippen LogP contribution in [0.3, 0.4) is 0 Å². The molecule has 0 bridgehead atoms. The van der Waals surface area contributed by atoms with Gasteiger partial charge in [0.2, 0.25) is 5.91 Å². The van der Waals surface area contributed by atoms with Crippen molar-refractivity contribution >= 4 is 5.91 Å². The molecular formula is C14H18FN3O. The normalized spacial score (nSPS) is 9.95. The van der Waals surface area contributed by atoms with Crippen molar-refractivity contribution < 1.29 is 9.18 Å². The van der Waals surface area contributed by atoms with Crippen molar-refractivity contribution in [3.63, 3.8) is 0 Å². The number of halogens is 1. The largest absolute Gasteiger partial charge is 0.358 e. The first-order valence-electron chi connectivity index (χ1n) is 5.93. The first kappa shape index (κ1) is 15.2. The molecule has 0 atom stereocenters. The minimum atomic E-state index is -0.334. The molecule has 0 saturated heterocycles. The number of amides is 1. The standard InChI is InChI=1S/C14H18FN3O/c1-17-14(19)10-18(2)9-12-5-6-13(15)8-11(12)4-3-7-16/h5-6,8H,7,9-10,16H2,1-2H3,(H,17,19). The summed E-state index contributed by atoms with van der Waals surface area (Å²) >= 11 is 0. The van der Waals surface area contributed by atoms with E-state index in [-0.39, 0.29) is 24.8 Å². The maximum Gasteiger partial charge on any atom is 0.233 e. The maximum absolute atomic E-state index is 13.2. The molecule has 0 saturated carbocycles. The number of hydrogen-bond donors (Lipinski definition) is 2. The average Bonchev–Trinajstić information content (AvgIpc) is 2.38. The molecule has 4 nitrogen and oxygen atoms in total. The molecule has 1 aromatic rings. The van der Waals surface area contributed by atoms with Crippen molar-refractivity contribution in [2.24, 2.45) is 5.73 Å². The van der Waals surface area contributed by atoms with Gasteiger partial charge in [-0.2, -0.15) is 0 Å². The van der Waals surface area contributed by atoms with E-state index in [4.69, 9.17) is 5.73 Å². The predicted octanol–water partition coefficient (Wildman–Crippen LogP) is 0.314. The fourth-order valence-corrected chi connectivity index (χ4v) is 1.62. The summed E-state index contributed by atoms with van der Waals surface area (Å²) in [6.07, 6.45) is 0. The summed E-state index contributed by atoms with van der Waals surface area (Å²) < 4.78 is 13.2. The molecule has 0 aliphatic rings. The van der Waals surface area contributed by atoms with Crippen LogP contribution in [0.2, 0.25) is 0 Å². The van der Waals surface area contributed by atoms with E-state index in [0.29, 0.717) is 12.1 Å². The summed E-state index contributed by atoms with van der Waals surface area (Å²) in [6, 6.07) is 4.44. The number of nitrogens with two attached hydrogens (primary N) is 1. The number of carbonyl (C=O) groups excluding carboxylic acids is 1. The Kier molecular flexibility index (Phi) is 6.00. The molecule has 1 amide bonds. The Morgan fingerprint density at radius 2 is 2.26 bits per heavy atom. The van der Waals surface area contributed by atoms with Crippen LogP contribution in [0.4, 0.5) is 4.39 Å². The molecule has 0 aliphatic carbocycles. The Labute approximate surface area is 112 Å². The van der Waals surface area contributed by atoms with E-state index in [1.54, 1.807) is 13.1 Å². The zero-order valence-corrected chi connectivity index (χ0v) is 11.2. The van der Waals surface area contributed by atoms with E-state index in [1.165, 1.54) is 12.1 Å². The van der Waals surface area contributed by atoms with Crippen molar-refractivity contribution in [3.8, 4) is 11.8 Å². The van der Waals surface area contributed by atoms with Crippen molar-refractivity contribution in [2.75, 3.05) is 27.2 Å².